The Morgan fingerprint density at radius 2 is 1.96 bits per heavy atom. The Morgan fingerprint density at radius 1 is 1.18 bits per heavy atom. The minimum Gasteiger partial charge on any atom is -0.493 e. The van der Waals surface area contributed by atoms with Gasteiger partial charge in [-0.05, 0) is 63.1 Å². The van der Waals surface area contributed by atoms with Crippen molar-refractivity contribution < 1.29 is 14.3 Å². The number of carbonyl (C=O) groups excluding carboxylic acids is 2. The van der Waals surface area contributed by atoms with Gasteiger partial charge < -0.3 is 4.74 Å². The first-order valence-electron chi connectivity index (χ1n) is 10.4. The Balaban J connectivity index is 2.34. The third-order valence-corrected chi connectivity index (χ3v) is 4.52. The van der Waals surface area contributed by atoms with E-state index in [-0.39, 0.29) is 5.91 Å². The fourth-order valence-electron chi connectivity index (χ4n) is 2.91. The number of ether oxygens (including phenoxy) is 1. The lowest BCUT2D eigenvalue weighted by Crippen LogP contribution is -2.31. The largest absolute Gasteiger partial charge is 0.493 e. The van der Waals surface area contributed by atoms with Crippen LogP contribution in [0, 0.1) is 6.92 Å². The molecule has 1 aromatic carbocycles. The number of benzene rings is 1. The van der Waals surface area contributed by atoms with Gasteiger partial charge in [0, 0.05) is 12.1 Å². The normalized spacial score (nSPS) is 11.6. The van der Waals surface area contributed by atoms with Crippen molar-refractivity contribution in [2.24, 2.45) is 0 Å². The lowest BCUT2D eigenvalue weighted by Gasteiger charge is -2.15. The molecule has 0 bridgehead atoms. The number of rotatable bonds is 13. The van der Waals surface area contributed by atoms with Gasteiger partial charge in [-0.3, -0.25) is 14.5 Å². The number of hydrogen-bond donors (Lipinski definition) is 0. The van der Waals surface area contributed by atoms with Crippen molar-refractivity contribution in [2.75, 3.05) is 13.2 Å². The summed E-state index contributed by atoms with van der Waals surface area (Å²) in [7, 11) is 0. The summed E-state index contributed by atoms with van der Waals surface area (Å²) in [6.07, 6.45) is 11.9. The summed E-state index contributed by atoms with van der Waals surface area (Å²) in [5.41, 5.74) is 3.09. The summed E-state index contributed by atoms with van der Waals surface area (Å²) in [5, 5.41) is 0. The molecular weight excluding hydrogens is 350 g/mol. The number of hydrogen-bond acceptors (Lipinski definition) is 3. The van der Waals surface area contributed by atoms with Gasteiger partial charge in [0.1, 0.15) is 5.75 Å². The fourth-order valence-corrected chi connectivity index (χ4v) is 2.91. The summed E-state index contributed by atoms with van der Waals surface area (Å²) < 4.78 is 5.88. The maximum absolute atomic E-state index is 12.3. The topological polar surface area (TPSA) is 46.6 Å². The summed E-state index contributed by atoms with van der Waals surface area (Å²) in [6, 6.07) is 6.37. The highest BCUT2D eigenvalue weighted by Gasteiger charge is 2.13. The number of nitrogens with zero attached hydrogens (tertiary/aromatic N) is 1. The van der Waals surface area contributed by atoms with Crippen LogP contribution in [-0.2, 0) is 16.0 Å². The second kappa shape index (κ2) is 13.8. The van der Waals surface area contributed by atoms with Gasteiger partial charge in [0.05, 0.1) is 6.61 Å². The van der Waals surface area contributed by atoms with Crippen molar-refractivity contribution in [1.29, 1.82) is 0 Å². The molecule has 0 aliphatic carbocycles. The van der Waals surface area contributed by atoms with Crippen molar-refractivity contribution in [3.63, 3.8) is 0 Å². The van der Waals surface area contributed by atoms with Crippen molar-refractivity contribution in [3.8, 4) is 5.75 Å². The summed E-state index contributed by atoms with van der Waals surface area (Å²) in [4.78, 5) is 24.7. The quantitative estimate of drug-likeness (QED) is 0.198. The van der Waals surface area contributed by atoms with Gasteiger partial charge in [-0.15, -0.1) is 0 Å². The minimum absolute atomic E-state index is 0.227. The van der Waals surface area contributed by atoms with E-state index in [0.717, 1.165) is 44.3 Å². The van der Waals surface area contributed by atoms with Gasteiger partial charge in [-0.1, -0.05) is 50.6 Å². The van der Waals surface area contributed by atoms with E-state index in [1.54, 1.807) is 13.0 Å². The Morgan fingerprint density at radius 3 is 2.61 bits per heavy atom. The van der Waals surface area contributed by atoms with E-state index in [9.17, 15) is 9.59 Å². The Kier molecular flexibility index (Phi) is 11.6. The summed E-state index contributed by atoms with van der Waals surface area (Å²) >= 11 is 0. The van der Waals surface area contributed by atoms with Crippen LogP contribution in [0.4, 0.5) is 0 Å². The van der Waals surface area contributed by atoms with Crippen LogP contribution in [0.5, 0.6) is 5.75 Å². The summed E-state index contributed by atoms with van der Waals surface area (Å²) in [6.45, 7) is 9.11. The second-order valence-electron chi connectivity index (χ2n) is 7.05. The smallest absolute Gasteiger partial charge is 0.255 e. The number of allylic oxidation sites excluding steroid dienone is 3. The van der Waals surface area contributed by atoms with Crippen LogP contribution in [0.1, 0.15) is 64.0 Å². The van der Waals surface area contributed by atoms with Gasteiger partial charge >= 0.3 is 0 Å². The molecule has 28 heavy (non-hydrogen) atoms. The molecule has 4 nitrogen and oxygen atoms in total. The molecule has 2 amide bonds. The Bertz CT molecular complexity index is 676. The summed E-state index contributed by atoms with van der Waals surface area (Å²) in [5.74, 6) is 0.709. The maximum atomic E-state index is 12.3. The van der Waals surface area contributed by atoms with Crippen LogP contribution < -0.4 is 4.74 Å². The molecule has 0 fully saturated rings. The van der Waals surface area contributed by atoms with Gasteiger partial charge in [-0.2, -0.15) is 0 Å². The number of aryl methyl sites for hydroxylation is 2. The van der Waals surface area contributed by atoms with Crippen LogP contribution in [0.25, 0.3) is 0 Å². The van der Waals surface area contributed by atoms with E-state index in [2.05, 4.69) is 32.0 Å². The highest BCUT2D eigenvalue weighted by Crippen LogP contribution is 2.20. The molecule has 4 heteroatoms. The predicted molar refractivity (Wildman–Crippen MR) is 115 cm³/mol. The van der Waals surface area contributed by atoms with Gasteiger partial charge in [0.2, 0.25) is 6.41 Å². The monoisotopic (exact) mass is 385 g/mol. The molecule has 0 aromatic heterocycles. The van der Waals surface area contributed by atoms with E-state index in [0.29, 0.717) is 25.1 Å². The number of carbonyl (C=O) groups is 2. The molecule has 0 aliphatic heterocycles. The van der Waals surface area contributed by atoms with E-state index >= 15 is 0 Å². The number of imide groups is 1. The number of unbranched alkanes of at least 4 members (excludes halogenated alkanes) is 2. The molecule has 0 aliphatic rings. The van der Waals surface area contributed by atoms with Gasteiger partial charge in [0.15, 0.2) is 0 Å². The molecule has 1 aromatic rings. The third kappa shape index (κ3) is 8.55. The average Bonchev–Trinajstić information content (AvgIpc) is 2.68. The fraction of sp³-hybridized carbons (Fsp3) is 0.500. The van der Waals surface area contributed by atoms with Crippen LogP contribution in [-0.4, -0.2) is 30.4 Å². The Hall–Kier alpha value is -2.36. The molecule has 0 atom stereocenters. The highest BCUT2D eigenvalue weighted by atomic mass is 16.5. The van der Waals surface area contributed by atoms with Crippen molar-refractivity contribution in [3.05, 3.63) is 53.1 Å². The SMILES string of the molecule is CC/C=C\C=C(/C)C(=O)N(C=O)CCCCCOc1ccc(CCC)cc1C. The van der Waals surface area contributed by atoms with Crippen LogP contribution >= 0.6 is 0 Å². The van der Waals surface area contributed by atoms with E-state index in [4.69, 9.17) is 4.74 Å². The zero-order valence-electron chi connectivity index (χ0n) is 17.9. The molecule has 0 N–H and O–H groups in total. The number of amides is 2. The molecule has 0 heterocycles. The van der Waals surface area contributed by atoms with Crippen molar-refractivity contribution in [1.82, 2.24) is 4.90 Å². The molecule has 154 valence electrons. The minimum atomic E-state index is -0.227. The highest BCUT2D eigenvalue weighted by molar-refractivity contribution is 5.98. The van der Waals surface area contributed by atoms with Crippen LogP contribution in [0.2, 0.25) is 0 Å². The molecule has 0 radical (unpaired) electrons. The lowest BCUT2D eigenvalue weighted by atomic mass is 10.1. The zero-order valence-corrected chi connectivity index (χ0v) is 17.9. The average molecular weight is 386 g/mol. The molecule has 1 rings (SSSR count). The molecule has 0 saturated carbocycles. The zero-order chi connectivity index (χ0) is 20.8. The van der Waals surface area contributed by atoms with E-state index in [1.807, 2.05) is 19.1 Å². The van der Waals surface area contributed by atoms with Gasteiger partial charge in [0.25, 0.3) is 5.91 Å². The molecule has 0 unspecified atom stereocenters. The standard InChI is InChI=1S/C24H35NO3/c1-5-7-9-13-20(3)24(27)25(19-26)16-10-8-11-17-28-23-15-14-22(12-6-2)18-21(23)4/h7,9,13-15,18-19H,5-6,8,10-12,16-17H2,1-4H3/b9-7-,20-13+. The maximum Gasteiger partial charge on any atom is 0.255 e. The predicted octanol–water partition coefficient (Wildman–Crippen LogP) is 5.39. The van der Waals surface area contributed by atoms with E-state index < -0.39 is 0 Å². The van der Waals surface area contributed by atoms with Crippen LogP contribution in [0.3, 0.4) is 0 Å². The van der Waals surface area contributed by atoms with Crippen molar-refractivity contribution in [2.45, 2.75) is 66.2 Å². The van der Waals surface area contributed by atoms with Crippen molar-refractivity contribution >= 4 is 12.3 Å². The van der Waals surface area contributed by atoms with E-state index in [1.165, 1.54) is 16.0 Å². The molecule has 0 spiro atoms. The third-order valence-electron chi connectivity index (χ3n) is 4.52. The van der Waals surface area contributed by atoms with Gasteiger partial charge in [-0.25, -0.2) is 0 Å². The first-order valence-corrected chi connectivity index (χ1v) is 10.4. The second-order valence-corrected chi connectivity index (χ2v) is 7.05. The molecule has 0 saturated heterocycles. The van der Waals surface area contributed by atoms with Crippen LogP contribution in [0.15, 0.2) is 42.0 Å². The Labute approximate surface area is 170 Å². The molecular formula is C24H35NO3. The first kappa shape index (κ1) is 23.7. The lowest BCUT2D eigenvalue weighted by molar-refractivity contribution is -0.135. The first-order chi connectivity index (χ1) is 13.5.